The van der Waals surface area contributed by atoms with Gasteiger partial charge in [0.05, 0.1) is 23.6 Å². The van der Waals surface area contributed by atoms with Gasteiger partial charge >= 0.3 is 6.18 Å². The van der Waals surface area contributed by atoms with Gasteiger partial charge in [0.15, 0.2) is 4.99 Å². The van der Waals surface area contributed by atoms with Crippen LogP contribution in [0.4, 0.5) is 13.2 Å². The minimum Gasteiger partial charge on any atom is -0.469 e. The Morgan fingerprint density at radius 3 is 2.43 bits per heavy atom. The van der Waals surface area contributed by atoms with Crippen molar-refractivity contribution in [1.29, 1.82) is 0 Å². The molecule has 2 heterocycles. The summed E-state index contributed by atoms with van der Waals surface area (Å²) in [6.45, 7) is 5.78. The maximum absolute atomic E-state index is 12.6. The molecular formula is C15H16F3N3OS. The van der Waals surface area contributed by atoms with E-state index in [0.29, 0.717) is 10.8 Å². The maximum atomic E-state index is 12.6. The molecular weight excluding hydrogens is 327 g/mol. The first-order valence-electron chi connectivity index (χ1n) is 7.09. The van der Waals surface area contributed by atoms with Crippen LogP contribution in [0.5, 0.6) is 0 Å². The van der Waals surface area contributed by atoms with Crippen LogP contribution in [0.15, 0.2) is 35.6 Å². The Hall–Kier alpha value is -1.83. The lowest BCUT2D eigenvalue weighted by atomic mass is 10.1. The lowest BCUT2D eigenvalue weighted by Gasteiger charge is -2.25. The van der Waals surface area contributed by atoms with E-state index >= 15 is 0 Å². The number of fused-ring (bicyclic) bond motifs is 1. The summed E-state index contributed by atoms with van der Waals surface area (Å²) in [7, 11) is 0. The van der Waals surface area contributed by atoms with Crippen molar-refractivity contribution in [3.05, 3.63) is 41.6 Å². The molecule has 0 bridgehead atoms. The minimum absolute atomic E-state index is 0.0308. The van der Waals surface area contributed by atoms with E-state index in [1.807, 2.05) is 20.8 Å². The van der Waals surface area contributed by atoms with Crippen molar-refractivity contribution >= 4 is 22.7 Å². The molecule has 2 aliphatic heterocycles. The van der Waals surface area contributed by atoms with Gasteiger partial charge < -0.3 is 10.1 Å². The zero-order valence-electron chi connectivity index (χ0n) is 12.8. The van der Waals surface area contributed by atoms with E-state index in [4.69, 9.17) is 4.74 Å². The summed E-state index contributed by atoms with van der Waals surface area (Å²) in [5, 5.41) is 9.94. The lowest BCUT2D eigenvalue weighted by molar-refractivity contribution is -0.137. The topological polar surface area (TPSA) is 36.9 Å². The molecule has 0 saturated heterocycles. The van der Waals surface area contributed by atoms with Crippen LogP contribution < -0.4 is 5.32 Å². The van der Waals surface area contributed by atoms with Crippen molar-refractivity contribution in [2.24, 2.45) is 5.10 Å². The molecule has 3 rings (SSSR count). The number of hydrazone groups is 1. The molecule has 0 spiro atoms. The second kappa shape index (κ2) is 5.36. The van der Waals surface area contributed by atoms with E-state index in [0.717, 1.165) is 17.8 Å². The monoisotopic (exact) mass is 343 g/mol. The predicted molar refractivity (Wildman–Crippen MR) is 84.0 cm³/mol. The molecule has 0 fully saturated rings. The Morgan fingerprint density at radius 1 is 1.26 bits per heavy atom. The Labute approximate surface area is 136 Å². The van der Waals surface area contributed by atoms with Crippen LogP contribution >= 0.6 is 11.8 Å². The molecule has 0 aromatic heterocycles. The first kappa shape index (κ1) is 16.0. The molecule has 0 radical (unpaired) electrons. The molecule has 124 valence electrons. The highest BCUT2D eigenvalue weighted by Gasteiger charge is 2.44. The molecule has 1 atom stereocenters. The van der Waals surface area contributed by atoms with Crippen molar-refractivity contribution in [3.63, 3.8) is 0 Å². The van der Waals surface area contributed by atoms with Crippen LogP contribution in [0.3, 0.4) is 0 Å². The first-order chi connectivity index (χ1) is 10.7. The van der Waals surface area contributed by atoms with Gasteiger partial charge in [0.1, 0.15) is 0 Å². The maximum Gasteiger partial charge on any atom is 0.416 e. The number of hydrogen-bond donors (Lipinski definition) is 1. The van der Waals surface area contributed by atoms with Gasteiger partial charge in [0.2, 0.25) is 0 Å². The van der Waals surface area contributed by atoms with Gasteiger partial charge in [-0.05, 0) is 50.2 Å². The summed E-state index contributed by atoms with van der Waals surface area (Å²) in [6, 6.07) is 5.06. The number of ether oxygens (including phenoxy) is 1. The molecule has 0 saturated carbocycles. The van der Waals surface area contributed by atoms with Crippen LogP contribution in [0.2, 0.25) is 0 Å². The highest BCUT2D eigenvalue weighted by Crippen LogP contribution is 2.42. The fourth-order valence-electron chi connectivity index (χ4n) is 2.29. The standard InChI is InChI=1S/C15H16F3N3OS/c1-9(2)22-13-20-21-8-12(19-14(21,3)23-13)10-4-6-11(7-5-10)15(16,17)18/h4-9,19H,1-3H3. The van der Waals surface area contributed by atoms with Gasteiger partial charge in [-0.15, -0.1) is 5.10 Å². The molecule has 0 amide bonds. The second-order valence-electron chi connectivity index (χ2n) is 5.70. The average molecular weight is 343 g/mol. The summed E-state index contributed by atoms with van der Waals surface area (Å²) in [4.78, 5) is -0.526. The van der Waals surface area contributed by atoms with Crippen molar-refractivity contribution in [2.75, 3.05) is 0 Å². The fraction of sp³-hybridized carbons (Fsp3) is 0.400. The van der Waals surface area contributed by atoms with Gasteiger partial charge in [-0.25, -0.2) is 5.01 Å². The molecule has 1 aromatic rings. The molecule has 2 aliphatic rings. The molecule has 0 aliphatic carbocycles. The first-order valence-corrected chi connectivity index (χ1v) is 7.90. The Kier molecular flexibility index (Phi) is 3.74. The number of halogens is 3. The van der Waals surface area contributed by atoms with Crippen LogP contribution in [0, 0.1) is 0 Å². The number of nitrogens with one attached hydrogen (secondary N) is 1. The molecule has 1 aromatic carbocycles. The average Bonchev–Trinajstić information content (AvgIpc) is 2.88. The van der Waals surface area contributed by atoms with Crippen molar-refractivity contribution in [3.8, 4) is 0 Å². The molecule has 8 heteroatoms. The summed E-state index contributed by atoms with van der Waals surface area (Å²) < 4.78 is 43.4. The third-order valence-electron chi connectivity index (χ3n) is 3.39. The number of benzene rings is 1. The van der Waals surface area contributed by atoms with Crippen LogP contribution in [-0.4, -0.2) is 21.3 Å². The summed E-state index contributed by atoms with van der Waals surface area (Å²) >= 11 is 1.43. The number of rotatable bonds is 2. The SMILES string of the molecule is CC(C)OC1=NN2C=C(c3ccc(C(F)(F)F)cc3)NC2(C)S1. The largest absolute Gasteiger partial charge is 0.469 e. The second-order valence-corrected chi connectivity index (χ2v) is 7.05. The normalized spacial score (nSPS) is 23.5. The minimum atomic E-state index is -4.33. The van der Waals surface area contributed by atoms with Crippen molar-refractivity contribution < 1.29 is 17.9 Å². The van der Waals surface area contributed by atoms with E-state index in [1.54, 1.807) is 11.2 Å². The van der Waals surface area contributed by atoms with Crippen LogP contribution in [0.25, 0.3) is 5.70 Å². The smallest absolute Gasteiger partial charge is 0.416 e. The van der Waals surface area contributed by atoms with E-state index in [2.05, 4.69) is 10.4 Å². The number of alkyl halides is 3. The lowest BCUT2D eigenvalue weighted by Crippen LogP contribution is -2.40. The van der Waals surface area contributed by atoms with Gasteiger partial charge in [0.25, 0.3) is 5.23 Å². The molecule has 23 heavy (non-hydrogen) atoms. The van der Waals surface area contributed by atoms with Gasteiger partial charge in [0, 0.05) is 0 Å². The Balaban J connectivity index is 1.80. The van der Waals surface area contributed by atoms with Crippen LogP contribution in [0.1, 0.15) is 31.9 Å². The quantitative estimate of drug-likeness (QED) is 0.880. The van der Waals surface area contributed by atoms with E-state index in [1.165, 1.54) is 23.9 Å². The Morgan fingerprint density at radius 2 is 1.91 bits per heavy atom. The van der Waals surface area contributed by atoms with E-state index in [-0.39, 0.29) is 6.10 Å². The van der Waals surface area contributed by atoms with Crippen molar-refractivity contribution in [2.45, 2.75) is 38.0 Å². The number of thioether (sulfide) groups is 1. The van der Waals surface area contributed by atoms with E-state index in [9.17, 15) is 13.2 Å². The van der Waals surface area contributed by atoms with E-state index < -0.39 is 16.7 Å². The van der Waals surface area contributed by atoms with Gasteiger partial charge in [-0.2, -0.15) is 13.2 Å². The third-order valence-corrected chi connectivity index (χ3v) is 4.43. The Bertz CT molecular complexity index is 670. The molecule has 1 N–H and O–H groups in total. The third kappa shape index (κ3) is 3.12. The number of nitrogens with zero attached hydrogens (tertiary/aromatic N) is 2. The summed E-state index contributed by atoms with van der Waals surface area (Å²) in [5.41, 5.74) is 0.739. The summed E-state index contributed by atoms with van der Waals surface area (Å²) in [6.07, 6.45) is -2.53. The van der Waals surface area contributed by atoms with Crippen LogP contribution in [-0.2, 0) is 10.9 Å². The summed E-state index contributed by atoms with van der Waals surface area (Å²) in [5.74, 6) is 0. The highest BCUT2D eigenvalue weighted by atomic mass is 32.2. The van der Waals surface area contributed by atoms with Gasteiger partial charge in [-0.3, -0.25) is 0 Å². The zero-order chi connectivity index (χ0) is 16.8. The predicted octanol–water partition coefficient (Wildman–Crippen LogP) is 4.03. The zero-order valence-corrected chi connectivity index (χ0v) is 13.6. The molecule has 1 unspecified atom stereocenters. The molecule has 4 nitrogen and oxygen atoms in total. The fourth-order valence-corrected chi connectivity index (χ4v) is 3.35. The van der Waals surface area contributed by atoms with Crippen molar-refractivity contribution in [1.82, 2.24) is 10.3 Å². The number of hydrogen-bond acceptors (Lipinski definition) is 5. The highest BCUT2D eigenvalue weighted by molar-refractivity contribution is 8.14. The van der Waals surface area contributed by atoms with Gasteiger partial charge in [-0.1, -0.05) is 12.1 Å².